The van der Waals surface area contributed by atoms with Crippen LogP contribution < -0.4 is 24.4 Å². The van der Waals surface area contributed by atoms with Gasteiger partial charge >= 0.3 is 0 Å². The van der Waals surface area contributed by atoms with Crippen molar-refractivity contribution in [3.8, 4) is 17.2 Å². The summed E-state index contributed by atoms with van der Waals surface area (Å²) in [5.41, 5.74) is 1.07. The zero-order valence-electron chi connectivity index (χ0n) is 19.9. The first-order valence-corrected chi connectivity index (χ1v) is 12.9. The monoisotopic (exact) mass is 503 g/mol. The number of rotatable bonds is 8. The maximum Gasteiger partial charge on any atom is 0.265 e. The van der Waals surface area contributed by atoms with E-state index in [1.807, 2.05) is 19.1 Å². The van der Waals surface area contributed by atoms with Crippen molar-refractivity contribution in [2.75, 3.05) is 44.4 Å². The number of amides is 2. The quantitative estimate of drug-likeness (QED) is 0.587. The molecule has 35 heavy (non-hydrogen) atoms. The molecule has 0 saturated carbocycles. The van der Waals surface area contributed by atoms with Gasteiger partial charge in [-0.05, 0) is 42.8 Å². The Hall–Kier alpha value is -3.31. The number of fused-ring (bicyclic) bond motifs is 2. The second kappa shape index (κ2) is 10.1. The summed E-state index contributed by atoms with van der Waals surface area (Å²) in [4.78, 5) is 26.8. The van der Waals surface area contributed by atoms with Crippen LogP contribution in [-0.4, -0.2) is 64.0 Å². The minimum absolute atomic E-state index is 0.0355. The molecule has 0 spiro atoms. The van der Waals surface area contributed by atoms with Crippen LogP contribution in [0.3, 0.4) is 0 Å². The Morgan fingerprint density at radius 1 is 1.03 bits per heavy atom. The van der Waals surface area contributed by atoms with Crippen molar-refractivity contribution in [2.24, 2.45) is 0 Å². The van der Waals surface area contributed by atoms with Crippen LogP contribution in [0.4, 0.5) is 5.69 Å². The summed E-state index contributed by atoms with van der Waals surface area (Å²) < 4.78 is 43.9. The number of nitrogens with one attached hydrogen (secondary N) is 1. The number of hydrogen-bond acceptors (Lipinski definition) is 7. The lowest BCUT2D eigenvalue weighted by atomic mass is 10.1. The highest BCUT2D eigenvalue weighted by molar-refractivity contribution is 7.89. The normalized spacial score (nSPS) is 15.9. The zero-order valence-corrected chi connectivity index (χ0v) is 20.8. The fraction of sp³-hybridized carbons (Fsp3) is 0.417. The number of sulfonamides is 1. The highest BCUT2D eigenvalue weighted by atomic mass is 32.2. The number of anilines is 1. The molecule has 10 nitrogen and oxygen atoms in total. The molecule has 2 aromatic rings. The Kier molecular flexibility index (Phi) is 7.18. The molecule has 0 bridgehead atoms. The fourth-order valence-corrected chi connectivity index (χ4v) is 5.55. The summed E-state index contributed by atoms with van der Waals surface area (Å²) in [6, 6.07) is 9.45. The van der Waals surface area contributed by atoms with Crippen LogP contribution in [-0.2, 0) is 19.6 Å². The Morgan fingerprint density at radius 2 is 1.71 bits per heavy atom. The number of carbonyl (C=O) groups is 2. The first-order chi connectivity index (χ1) is 16.7. The lowest BCUT2D eigenvalue weighted by molar-refractivity contribution is -0.125. The van der Waals surface area contributed by atoms with Crippen LogP contribution in [0.25, 0.3) is 0 Å². The van der Waals surface area contributed by atoms with E-state index in [4.69, 9.17) is 14.2 Å². The molecule has 0 saturated heterocycles. The second-order valence-corrected chi connectivity index (χ2v) is 10.1. The van der Waals surface area contributed by atoms with Crippen LogP contribution in [0.1, 0.15) is 32.4 Å². The maximum absolute atomic E-state index is 13.0. The van der Waals surface area contributed by atoms with Gasteiger partial charge in [-0.3, -0.25) is 14.5 Å². The average molecular weight is 504 g/mol. The van der Waals surface area contributed by atoms with Crippen molar-refractivity contribution in [2.45, 2.75) is 31.7 Å². The molecule has 0 fully saturated rings. The Labute approximate surface area is 204 Å². The summed E-state index contributed by atoms with van der Waals surface area (Å²) in [5, 5.41) is 2.89. The Morgan fingerprint density at radius 3 is 2.43 bits per heavy atom. The molecule has 1 atom stereocenters. The summed E-state index contributed by atoms with van der Waals surface area (Å²) in [6.45, 7) is 6.40. The largest absolute Gasteiger partial charge is 0.486 e. The van der Waals surface area contributed by atoms with Gasteiger partial charge in [0.15, 0.2) is 18.1 Å². The van der Waals surface area contributed by atoms with Crippen LogP contribution in [0.2, 0.25) is 0 Å². The van der Waals surface area contributed by atoms with E-state index in [0.717, 1.165) is 5.56 Å². The zero-order chi connectivity index (χ0) is 25.2. The van der Waals surface area contributed by atoms with Gasteiger partial charge in [-0.25, -0.2) is 8.42 Å². The van der Waals surface area contributed by atoms with E-state index < -0.39 is 21.8 Å². The molecular weight excluding hydrogens is 474 g/mol. The number of ether oxygens (including phenoxy) is 3. The van der Waals surface area contributed by atoms with Crippen LogP contribution in [0, 0.1) is 0 Å². The van der Waals surface area contributed by atoms with Gasteiger partial charge in [0, 0.05) is 13.1 Å². The third kappa shape index (κ3) is 5.06. The van der Waals surface area contributed by atoms with Gasteiger partial charge in [-0.15, -0.1) is 0 Å². The van der Waals surface area contributed by atoms with E-state index in [9.17, 15) is 18.0 Å². The SMILES string of the molecule is CCN(CC)S(=O)(=O)c1ccc2c(c1)N(CC(=O)N[C@H](C)c1ccc3c(c1)OCCO3)C(=O)CO2. The van der Waals surface area contributed by atoms with Crippen molar-refractivity contribution in [3.63, 3.8) is 0 Å². The number of nitrogens with zero attached hydrogens (tertiary/aromatic N) is 2. The molecule has 0 aromatic heterocycles. The number of carbonyl (C=O) groups excluding carboxylic acids is 2. The molecule has 2 aromatic carbocycles. The molecular formula is C24H29N3O7S. The predicted octanol–water partition coefficient (Wildman–Crippen LogP) is 2.09. The molecule has 2 aliphatic rings. The molecule has 188 valence electrons. The van der Waals surface area contributed by atoms with Gasteiger partial charge in [0.25, 0.3) is 5.91 Å². The van der Waals surface area contributed by atoms with E-state index >= 15 is 0 Å². The van der Waals surface area contributed by atoms with Gasteiger partial charge < -0.3 is 19.5 Å². The minimum Gasteiger partial charge on any atom is -0.486 e. The third-order valence-corrected chi connectivity index (χ3v) is 8.01. The third-order valence-electron chi connectivity index (χ3n) is 5.96. The topological polar surface area (TPSA) is 114 Å². The van der Waals surface area contributed by atoms with Crippen LogP contribution in [0.5, 0.6) is 17.2 Å². The molecule has 0 unspecified atom stereocenters. The average Bonchev–Trinajstić information content (AvgIpc) is 2.85. The van der Waals surface area contributed by atoms with Gasteiger partial charge in [0.2, 0.25) is 15.9 Å². The first kappa shape index (κ1) is 24.8. The van der Waals surface area contributed by atoms with Crippen molar-refractivity contribution in [1.29, 1.82) is 0 Å². The van der Waals surface area contributed by atoms with Gasteiger partial charge in [-0.1, -0.05) is 19.9 Å². The summed E-state index contributed by atoms with van der Waals surface area (Å²) >= 11 is 0. The molecule has 4 rings (SSSR count). The molecule has 1 N–H and O–H groups in total. The second-order valence-electron chi connectivity index (χ2n) is 8.18. The maximum atomic E-state index is 13.0. The molecule has 11 heteroatoms. The van der Waals surface area contributed by atoms with Gasteiger partial charge in [-0.2, -0.15) is 4.31 Å². The number of benzene rings is 2. The minimum atomic E-state index is -3.75. The molecule has 2 amide bonds. The highest BCUT2D eigenvalue weighted by Gasteiger charge is 2.31. The summed E-state index contributed by atoms with van der Waals surface area (Å²) in [6.07, 6.45) is 0. The Bertz CT molecular complexity index is 1230. The lowest BCUT2D eigenvalue weighted by Crippen LogP contribution is -2.45. The van der Waals surface area contributed by atoms with Crippen molar-refractivity contribution in [1.82, 2.24) is 9.62 Å². The fourth-order valence-electron chi connectivity index (χ4n) is 4.07. The van der Waals surface area contributed by atoms with E-state index in [2.05, 4.69) is 5.32 Å². The van der Waals surface area contributed by atoms with Crippen LogP contribution in [0.15, 0.2) is 41.3 Å². The van der Waals surface area contributed by atoms with E-state index in [1.54, 1.807) is 19.9 Å². The summed E-state index contributed by atoms with van der Waals surface area (Å²) in [7, 11) is -3.75. The lowest BCUT2D eigenvalue weighted by Gasteiger charge is -2.30. The Balaban J connectivity index is 1.52. The van der Waals surface area contributed by atoms with Crippen molar-refractivity contribution < 1.29 is 32.2 Å². The summed E-state index contributed by atoms with van der Waals surface area (Å²) in [5.74, 6) is 0.789. The van der Waals surface area contributed by atoms with E-state index in [-0.39, 0.29) is 29.8 Å². The molecule has 2 aliphatic heterocycles. The predicted molar refractivity (Wildman–Crippen MR) is 128 cm³/mol. The first-order valence-electron chi connectivity index (χ1n) is 11.5. The van der Waals surface area contributed by atoms with E-state index in [0.29, 0.717) is 43.6 Å². The van der Waals surface area contributed by atoms with Gasteiger partial charge in [0.1, 0.15) is 25.5 Å². The number of hydrogen-bond donors (Lipinski definition) is 1. The highest BCUT2D eigenvalue weighted by Crippen LogP contribution is 2.35. The standard InChI is InChI=1S/C24H29N3O7S/c1-4-26(5-2)35(30,31)18-7-9-20-19(13-18)27(24(29)15-34-20)14-23(28)25-16(3)17-6-8-21-22(12-17)33-11-10-32-21/h6-9,12-13,16H,4-5,10-11,14-15H2,1-3H3,(H,25,28)/t16-/m1/s1. The smallest absolute Gasteiger partial charge is 0.265 e. The molecule has 0 aliphatic carbocycles. The van der Waals surface area contributed by atoms with Crippen molar-refractivity contribution >= 4 is 27.5 Å². The molecule has 0 radical (unpaired) electrons. The van der Waals surface area contributed by atoms with Gasteiger partial charge in [0.05, 0.1) is 16.6 Å². The van der Waals surface area contributed by atoms with Crippen molar-refractivity contribution in [3.05, 3.63) is 42.0 Å². The molecule has 2 heterocycles. The van der Waals surface area contributed by atoms with Crippen LogP contribution >= 0.6 is 0 Å². The van der Waals surface area contributed by atoms with E-state index in [1.165, 1.54) is 27.4 Å².